The van der Waals surface area contributed by atoms with Crippen LogP contribution in [0.25, 0.3) is 64.6 Å². The predicted molar refractivity (Wildman–Crippen MR) is 504 cm³/mol. The Morgan fingerprint density at radius 3 is 0.473 bits per heavy atom. The molecule has 0 N–H and O–H groups in total. The maximum atomic E-state index is 4.67. The molecule has 0 nitrogen and oxygen atoms in total. The lowest BCUT2D eigenvalue weighted by Crippen LogP contribution is -2.39. The lowest BCUT2D eigenvalue weighted by Gasteiger charge is -2.52. The normalized spacial score (nSPS) is 16.2. The van der Waals surface area contributed by atoms with Gasteiger partial charge in [0.2, 0.25) is 0 Å². The summed E-state index contributed by atoms with van der Waals surface area (Å²) in [6.45, 7) is 59.6. The Morgan fingerprint density at radius 1 is 0.205 bits per heavy atom. The summed E-state index contributed by atoms with van der Waals surface area (Å²) in [5.74, 6) is 24.1. The van der Waals surface area contributed by atoms with Gasteiger partial charge in [0.1, 0.15) is 32.3 Å². The SMILES string of the molecule is CC(C)C[Si](C#Cc1c2c(c(C#C[Si](CC(C)C)(CC(C)C)CC(C)C)c3cc4ccccc4cc13)[C@@H]1c3cc4ccccc4cc3[C@H]2[C@@H]2c3cc4ccccc4cc3[C@H]1c1c2c(C#C[Si](CC(C)C)(CC(C)C)CC(C)C)c2cc3ccccc3cc2c1C#C[Si](CC(C)C)(CC(C)C)CC(C)C)(CC(C)C)CC(C)C. The minimum atomic E-state index is -2.37. The summed E-state index contributed by atoms with van der Waals surface area (Å²) in [4.78, 5) is 0. The molecule has 0 fully saturated rings. The Balaban J connectivity index is 1.37. The summed E-state index contributed by atoms with van der Waals surface area (Å²) in [6, 6.07) is 73.0. The highest BCUT2D eigenvalue weighted by Crippen LogP contribution is 2.68. The quantitative estimate of drug-likeness (QED) is 0.0321. The fourth-order valence-corrected chi connectivity index (χ4v) is 47.2. The first-order valence-electron chi connectivity index (χ1n) is 44.4. The van der Waals surface area contributed by atoms with E-state index in [2.05, 4.69) is 358 Å². The van der Waals surface area contributed by atoms with Crippen molar-refractivity contribution in [3.8, 4) is 45.9 Å². The Kier molecular flexibility index (Phi) is 24.8. The molecule has 584 valence electrons. The highest BCUT2D eigenvalue weighted by molar-refractivity contribution is 6.89. The summed E-state index contributed by atoms with van der Waals surface area (Å²) < 4.78 is 0. The van der Waals surface area contributed by atoms with Crippen LogP contribution in [-0.4, -0.2) is 32.3 Å². The zero-order valence-corrected chi connectivity index (χ0v) is 77.6. The summed E-state index contributed by atoms with van der Waals surface area (Å²) >= 11 is 0. The van der Waals surface area contributed by atoms with Gasteiger partial charge in [-0.25, -0.2) is 0 Å². The van der Waals surface area contributed by atoms with Crippen molar-refractivity contribution >= 4 is 96.9 Å². The van der Waals surface area contributed by atoms with Crippen LogP contribution < -0.4 is 0 Å². The molecule has 4 heteroatoms. The van der Waals surface area contributed by atoms with E-state index in [1.807, 2.05) is 0 Å². The maximum Gasteiger partial charge on any atom is 0.139 e. The van der Waals surface area contributed by atoms with Crippen LogP contribution in [0.5, 0.6) is 0 Å². The first-order chi connectivity index (χ1) is 53.2. The molecule has 0 radical (unpaired) electrons. The summed E-state index contributed by atoms with van der Waals surface area (Å²) in [6.07, 6.45) is 0. The van der Waals surface area contributed by atoms with E-state index in [4.69, 9.17) is 0 Å². The van der Waals surface area contributed by atoms with Crippen molar-refractivity contribution in [2.45, 2.75) is 262 Å². The fraction of sp³-hybridized carbons (Fsp3) is 0.481. The van der Waals surface area contributed by atoms with Gasteiger partial charge in [-0.05, 0) is 277 Å². The smallest absolute Gasteiger partial charge is 0.126 e. The number of hydrogen-bond acceptors (Lipinski definition) is 0. The highest BCUT2D eigenvalue weighted by Gasteiger charge is 2.55. The zero-order valence-electron chi connectivity index (χ0n) is 73.6. The number of benzene rings is 10. The second-order valence-electron chi connectivity index (χ2n) is 41.5. The highest BCUT2D eigenvalue weighted by atomic mass is 28.3. The van der Waals surface area contributed by atoms with E-state index in [0.717, 1.165) is 0 Å². The third kappa shape index (κ3) is 17.2. The van der Waals surface area contributed by atoms with E-state index >= 15 is 0 Å². The molecule has 16 rings (SSSR count). The topological polar surface area (TPSA) is 0 Å². The van der Waals surface area contributed by atoms with E-state index in [1.165, 1.54) is 204 Å². The summed E-state index contributed by atoms with van der Waals surface area (Å²) in [5.41, 5.74) is 35.4. The molecule has 0 aromatic heterocycles. The van der Waals surface area contributed by atoms with Gasteiger partial charge >= 0.3 is 0 Å². The summed E-state index contributed by atoms with van der Waals surface area (Å²) in [5, 5.41) is 15.4. The molecule has 0 amide bonds. The third-order valence-corrected chi connectivity index (χ3v) is 46.9. The largest absolute Gasteiger partial charge is 0.139 e. The first-order valence-corrected chi connectivity index (χ1v) is 54.9. The van der Waals surface area contributed by atoms with Crippen LogP contribution >= 0.6 is 0 Å². The van der Waals surface area contributed by atoms with E-state index in [-0.39, 0.29) is 23.7 Å². The van der Waals surface area contributed by atoms with Crippen LogP contribution in [0, 0.1) is 117 Å². The Hall–Kier alpha value is -7.13. The predicted octanol–water partition coefficient (Wildman–Crippen LogP) is 30.7. The molecule has 0 spiro atoms. The van der Waals surface area contributed by atoms with E-state index in [0.29, 0.717) is 71.0 Å². The molecule has 6 aliphatic rings. The van der Waals surface area contributed by atoms with Crippen LogP contribution in [0.15, 0.2) is 146 Å². The molecular weight excluding hydrogens is 1410 g/mol. The average molecular weight is 1550 g/mol. The van der Waals surface area contributed by atoms with E-state index < -0.39 is 32.3 Å². The van der Waals surface area contributed by atoms with Gasteiger partial charge in [0, 0.05) is 45.9 Å². The molecule has 0 saturated carbocycles. The second kappa shape index (κ2) is 33.6. The van der Waals surface area contributed by atoms with Crippen molar-refractivity contribution in [3.05, 3.63) is 212 Å². The van der Waals surface area contributed by atoms with E-state index in [1.54, 1.807) is 0 Å². The molecule has 10 aromatic rings. The Morgan fingerprint density at radius 2 is 0.339 bits per heavy atom. The van der Waals surface area contributed by atoms with Gasteiger partial charge in [-0.15, -0.1) is 22.2 Å². The molecule has 10 aromatic carbocycles. The van der Waals surface area contributed by atoms with Crippen molar-refractivity contribution in [1.82, 2.24) is 0 Å². The minimum absolute atomic E-state index is 0.202. The van der Waals surface area contributed by atoms with Gasteiger partial charge in [0.05, 0.1) is 0 Å². The molecule has 4 atom stereocenters. The second-order valence-corrected chi connectivity index (χ2v) is 57.7. The van der Waals surface area contributed by atoms with Crippen molar-refractivity contribution in [1.29, 1.82) is 0 Å². The molecule has 0 unspecified atom stereocenters. The van der Waals surface area contributed by atoms with Gasteiger partial charge in [0.15, 0.2) is 0 Å². The van der Waals surface area contributed by atoms with Crippen molar-refractivity contribution < 1.29 is 0 Å². The lowest BCUT2D eigenvalue weighted by atomic mass is 9.50. The lowest BCUT2D eigenvalue weighted by molar-refractivity contribution is 0.530. The molecule has 4 bridgehead atoms. The van der Waals surface area contributed by atoms with Crippen LogP contribution in [0.4, 0.5) is 0 Å². The fourth-order valence-electron chi connectivity index (χ4n) is 23.7. The molecule has 0 aliphatic heterocycles. The molecule has 6 aliphatic carbocycles. The van der Waals surface area contributed by atoms with Crippen molar-refractivity contribution in [2.24, 2.45) is 71.0 Å². The number of fused-ring (bicyclic) bond motifs is 6. The van der Waals surface area contributed by atoms with Crippen LogP contribution in [-0.2, 0) is 0 Å². The van der Waals surface area contributed by atoms with Crippen LogP contribution in [0.3, 0.4) is 0 Å². The summed E-state index contributed by atoms with van der Waals surface area (Å²) in [7, 11) is -9.47. The minimum Gasteiger partial charge on any atom is -0.126 e. The average Bonchev–Trinajstić information content (AvgIpc) is 0.662. The number of hydrogen-bond donors (Lipinski definition) is 0. The number of rotatable bonds is 24. The zero-order chi connectivity index (χ0) is 80.2. The third-order valence-electron chi connectivity index (χ3n) is 25.1. The first kappa shape index (κ1) is 82.8. The van der Waals surface area contributed by atoms with Gasteiger partial charge < -0.3 is 0 Å². The Labute approximate surface area is 683 Å². The Bertz CT molecular complexity index is 4660. The monoisotopic (exact) mass is 1540 g/mol. The molecule has 0 heterocycles. The van der Waals surface area contributed by atoms with Gasteiger partial charge in [-0.3, -0.25) is 0 Å². The molecular formula is C108H136Si4. The van der Waals surface area contributed by atoms with E-state index in [9.17, 15) is 0 Å². The van der Waals surface area contributed by atoms with Crippen molar-refractivity contribution in [3.63, 3.8) is 0 Å². The maximum absolute atomic E-state index is 4.67. The van der Waals surface area contributed by atoms with Gasteiger partial charge in [-0.1, -0.05) is 311 Å². The molecule has 0 saturated heterocycles. The molecule has 112 heavy (non-hydrogen) atoms. The van der Waals surface area contributed by atoms with Gasteiger partial charge in [-0.2, -0.15) is 0 Å². The van der Waals surface area contributed by atoms with Crippen LogP contribution in [0.2, 0.25) is 72.5 Å². The van der Waals surface area contributed by atoms with Crippen LogP contribution in [0.1, 0.15) is 257 Å². The van der Waals surface area contributed by atoms with Crippen molar-refractivity contribution in [2.75, 3.05) is 0 Å². The standard InChI is InChI=1S/C108H136Si4/c1-69(2)57-109(58-70(3)4,59-71(5)6)45-41-89-93-49-81-33-25-26-34-82(81)50-94(93)90(42-46-110(60-72(7)8,61-73(9)10)62-74(11)12)102-101(89)105-97-53-85-37-29-30-38-86(85)54-98(97)106(102)108-100-56-88-40-32-31-39-87(88)55-99(100)107(105)103-91(43-47-111(63-75(13)14,64-76(15)16)65-77(17)18)95-51-83-35-27-28-36-84(83)52-96(95)92(104(103)108)44-48-112(66-78(19)20,67-79(21)22)68-80(23)24/h25-40,49-56,69-80,105-108H,57-68H2,1-24H3/t105-,106+,107-,108+. The van der Waals surface area contributed by atoms with Gasteiger partial charge in [0.25, 0.3) is 0 Å².